The molecule has 1 aromatic heterocycles. The van der Waals surface area contributed by atoms with Crippen LogP contribution in [0.25, 0.3) is 11.1 Å². The highest BCUT2D eigenvalue weighted by molar-refractivity contribution is 5.86. The minimum atomic E-state index is -1.82. The summed E-state index contributed by atoms with van der Waals surface area (Å²) in [7, 11) is 0. The Kier molecular flexibility index (Phi) is 8.74. The smallest absolute Gasteiger partial charge is 0.333 e. The molecule has 0 aliphatic heterocycles. The maximum absolute atomic E-state index is 12.8. The van der Waals surface area contributed by atoms with Crippen molar-refractivity contribution in [2.75, 3.05) is 6.61 Å². The topological polar surface area (TPSA) is 136 Å². The lowest BCUT2D eigenvalue weighted by Crippen LogP contribution is -2.47. The van der Waals surface area contributed by atoms with Crippen molar-refractivity contribution in [1.82, 2.24) is 15.3 Å². The molecule has 8 nitrogen and oxygen atoms in total. The molecule has 0 radical (unpaired) electrons. The third kappa shape index (κ3) is 7.00. The molecule has 1 heterocycles. The molecular formula is C25H29N3O5. The average molecular weight is 452 g/mol. The van der Waals surface area contributed by atoms with Gasteiger partial charge in [0.25, 0.3) is 0 Å². The number of carbonyl (C=O) groups excluding carboxylic acids is 1. The van der Waals surface area contributed by atoms with Gasteiger partial charge in [-0.1, -0.05) is 54.6 Å². The lowest BCUT2D eigenvalue weighted by molar-refractivity contribution is -0.154. The van der Waals surface area contributed by atoms with Crippen LogP contribution in [0, 0.1) is 5.92 Å². The van der Waals surface area contributed by atoms with Crippen molar-refractivity contribution in [2.45, 2.75) is 37.8 Å². The van der Waals surface area contributed by atoms with Crippen LogP contribution in [0.1, 0.15) is 24.1 Å². The molecule has 0 fully saturated rings. The Hall–Kier alpha value is -3.49. The molecular weight excluding hydrogens is 422 g/mol. The van der Waals surface area contributed by atoms with Gasteiger partial charge in [-0.25, -0.2) is 9.78 Å². The van der Waals surface area contributed by atoms with Crippen molar-refractivity contribution in [3.05, 3.63) is 78.4 Å². The van der Waals surface area contributed by atoms with Gasteiger partial charge in [-0.2, -0.15) is 0 Å². The normalized spacial score (nSPS) is 13.8. The van der Waals surface area contributed by atoms with E-state index in [1.54, 1.807) is 6.20 Å². The molecule has 8 heteroatoms. The first-order valence-corrected chi connectivity index (χ1v) is 10.9. The number of nitrogens with one attached hydrogen (secondary N) is 2. The lowest BCUT2D eigenvalue weighted by Gasteiger charge is -2.23. The zero-order valence-corrected chi connectivity index (χ0v) is 18.2. The number of rotatable bonds is 12. The van der Waals surface area contributed by atoms with Crippen molar-refractivity contribution < 1.29 is 24.9 Å². The van der Waals surface area contributed by atoms with Gasteiger partial charge < -0.3 is 25.6 Å². The quantitative estimate of drug-likeness (QED) is 0.286. The second-order valence-electron chi connectivity index (χ2n) is 8.00. The molecule has 2 aromatic carbocycles. The van der Waals surface area contributed by atoms with E-state index in [0.29, 0.717) is 18.5 Å². The van der Waals surface area contributed by atoms with Crippen LogP contribution in [0.2, 0.25) is 0 Å². The molecule has 0 saturated heterocycles. The Bertz CT molecular complexity index is 1010. The van der Waals surface area contributed by atoms with E-state index in [9.17, 15) is 24.9 Å². The summed E-state index contributed by atoms with van der Waals surface area (Å²) >= 11 is 0. The number of aromatic nitrogens is 2. The van der Waals surface area contributed by atoms with Crippen LogP contribution in [0.5, 0.6) is 0 Å². The molecule has 3 aromatic rings. The van der Waals surface area contributed by atoms with Gasteiger partial charge in [-0.15, -0.1) is 0 Å². The minimum absolute atomic E-state index is 0.195. The van der Waals surface area contributed by atoms with E-state index in [-0.39, 0.29) is 19.4 Å². The SMILES string of the molecule is O=C(O)[C@@H](O)[C@@H](CCCc1ccc(-c2ccccc2)cc1)C(=O)NC(CO)Cc1c[nH]cn1. The summed E-state index contributed by atoms with van der Waals surface area (Å²) < 4.78 is 0. The largest absolute Gasteiger partial charge is 0.479 e. The van der Waals surface area contributed by atoms with Crippen molar-refractivity contribution >= 4 is 11.9 Å². The van der Waals surface area contributed by atoms with Gasteiger partial charge in [0.1, 0.15) is 0 Å². The molecule has 0 saturated carbocycles. The molecule has 1 unspecified atom stereocenters. The molecule has 174 valence electrons. The van der Waals surface area contributed by atoms with E-state index in [4.69, 9.17) is 0 Å². The number of benzene rings is 2. The first kappa shape index (κ1) is 24.2. The third-order valence-electron chi connectivity index (χ3n) is 5.59. The van der Waals surface area contributed by atoms with Crippen LogP contribution in [0.15, 0.2) is 67.1 Å². The Morgan fingerprint density at radius 3 is 2.33 bits per heavy atom. The number of nitrogens with zero attached hydrogens (tertiary/aromatic N) is 1. The first-order chi connectivity index (χ1) is 16.0. The highest BCUT2D eigenvalue weighted by atomic mass is 16.4. The monoisotopic (exact) mass is 451 g/mol. The third-order valence-corrected chi connectivity index (χ3v) is 5.59. The molecule has 0 bridgehead atoms. The number of hydrogen-bond donors (Lipinski definition) is 5. The summed E-state index contributed by atoms with van der Waals surface area (Å²) in [6.45, 7) is -0.331. The molecule has 0 aliphatic carbocycles. The van der Waals surface area contributed by atoms with Gasteiger partial charge in [-0.3, -0.25) is 4.79 Å². The van der Waals surface area contributed by atoms with E-state index in [0.717, 1.165) is 16.7 Å². The number of H-pyrrole nitrogens is 1. The van der Waals surface area contributed by atoms with Crippen molar-refractivity contribution in [1.29, 1.82) is 0 Å². The Balaban J connectivity index is 1.58. The summed E-state index contributed by atoms with van der Waals surface area (Å²) in [5.74, 6) is -3.17. The van der Waals surface area contributed by atoms with Crippen LogP contribution >= 0.6 is 0 Å². The first-order valence-electron chi connectivity index (χ1n) is 10.9. The van der Waals surface area contributed by atoms with E-state index < -0.39 is 29.9 Å². The molecule has 0 aliphatic rings. The van der Waals surface area contributed by atoms with Crippen LogP contribution in [-0.4, -0.2) is 55.9 Å². The van der Waals surface area contributed by atoms with E-state index in [1.165, 1.54) is 6.33 Å². The van der Waals surface area contributed by atoms with Crippen LogP contribution < -0.4 is 5.32 Å². The number of carbonyl (C=O) groups is 2. The van der Waals surface area contributed by atoms with Crippen LogP contribution in [0.3, 0.4) is 0 Å². The number of amides is 1. The summed E-state index contributed by atoms with van der Waals surface area (Å²) in [5, 5.41) is 31.6. The standard InChI is InChI=1S/C25H29N3O5/c29-15-21(13-20-14-26-16-27-20)28-24(31)22(23(30)25(32)33)8-4-5-17-9-11-19(12-10-17)18-6-2-1-3-7-18/h1-3,6-7,9-12,14,16,21-23,29-30H,4-5,8,13,15H2,(H,26,27)(H,28,31)(H,32,33)/t21?,22-,23+/m1/s1. The summed E-state index contributed by atoms with van der Waals surface area (Å²) in [5.41, 5.74) is 3.94. The maximum atomic E-state index is 12.8. The number of imidazole rings is 1. The molecule has 1 amide bonds. The van der Waals surface area contributed by atoms with Gasteiger partial charge in [-0.05, 0) is 36.0 Å². The van der Waals surface area contributed by atoms with Gasteiger partial charge in [0.15, 0.2) is 6.10 Å². The fraction of sp³-hybridized carbons (Fsp3) is 0.320. The number of aliphatic hydroxyl groups excluding tert-OH is 2. The predicted molar refractivity (Wildman–Crippen MR) is 123 cm³/mol. The minimum Gasteiger partial charge on any atom is -0.479 e. The van der Waals surface area contributed by atoms with Crippen LogP contribution in [0.4, 0.5) is 0 Å². The summed E-state index contributed by atoms with van der Waals surface area (Å²) in [6.07, 6.45) is 2.97. The fourth-order valence-corrected chi connectivity index (χ4v) is 3.75. The highest BCUT2D eigenvalue weighted by Gasteiger charge is 2.32. The van der Waals surface area contributed by atoms with E-state index in [2.05, 4.69) is 15.3 Å². The average Bonchev–Trinajstić information content (AvgIpc) is 3.35. The van der Waals surface area contributed by atoms with E-state index in [1.807, 2.05) is 54.6 Å². The highest BCUT2D eigenvalue weighted by Crippen LogP contribution is 2.21. The van der Waals surface area contributed by atoms with Gasteiger partial charge >= 0.3 is 5.97 Å². The molecule has 0 spiro atoms. The zero-order chi connectivity index (χ0) is 23.6. The number of carboxylic acids is 1. The van der Waals surface area contributed by atoms with Gasteiger partial charge in [0, 0.05) is 12.6 Å². The molecule has 33 heavy (non-hydrogen) atoms. The second-order valence-corrected chi connectivity index (χ2v) is 8.00. The number of aromatic amines is 1. The van der Waals surface area contributed by atoms with Crippen LogP contribution in [-0.2, 0) is 22.4 Å². The molecule has 3 atom stereocenters. The van der Waals surface area contributed by atoms with Crippen molar-refractivity contribution in [3.63, 3.8) is 0 Å². The van der Waals surface area contributed by atoms with Crippen molar-refractivity contribution in [2.24, 2.45) is 5.92 Å². The summed E-state index contributed by atoms with van der Waals surface area (Å²) in [6, 6.07) is 17.5. The zero-order valence-electron chi connectivity index (χ0n) is 18.2. The number of aliphatic carboxylic acids is 1. The van der Waals surface area contributed by atoms with Gasteiger partial charge in [0.05, 0.1) is 30.6 Å². The second kappa shape index (κ2) is 11.9. The van der Waals surface area contributed by atoms with E-state index >= 15 is 0 Å². The summed E-state index contributed by atoms with van der Waals surface area (Å²) in [4.78, 5) is 31.0. The number of aryl methyl sites for hydroxylation is 1. The lowest BCUT2D eigenvalue weighted by atomic mass is 9.92. The maximum Gasteiger partial charge on any atom is 0.333 e. The Labute approximate surface area is 192 Å². The Morgan fingerprint density at radius 1 is 1.03 bits per heavy atom. The fourth-order valence-electron chi connectivity index (χ4n) is 3.75. The number of aliphatic hydroxyl groups is 2. The Morgan fingerprint density at radius 2 is 1.73 bits per heavy atom. The van der Waals surface area contributed by atoms with Crippen molar-refractivity contribution in [3.8, 4) is 11.1 Å². The molecule has 5 N–H and O–H groups in total. The predicted octanol–water partition coefficient (Wildman–Crippen LogP) is 2.18. The number of hydrogen-bond acceptors (Lipinski definition) is 5. The number of carboxylic acid groups (broad SMARTS) is 1. The molecule has 3 rings (SSSR count). The van der Waals surface area contributed by atoms with Gasteiger partial charge in [0.2, 0.25) is 5.91 Å².